The molecule has 2 rings (SSSR count). The average Bonchev–Trinajstić information content (AvgIpc) is 2.77. The summed E-state index contributed by atoms with van der Waals surface area (Å²) in [7, 11) is 0. The van der Waals surface area contributed by atoms with Gasteiger partial charge in [0.05, 0.1) is 5.71 Å². The maximum atomic E-state index is 4.45. The lowest BCUT2D eigenvalue weighted by Crippen LogP contribution is -2.09. The van der Waals surface area contributed by atoms with Crippen molar-refractivity contribution in [1.82, 2.24) is 0 Å². The lowest BCUT2D eigenvalue weighted by atomic mass is 9.95. The lowest BCUT2D eigenvalue weighted by molar-refractivity contribution is 0.829. The van der Waals surface area contributed by atoms with Crippen LogP contribution < -0.4 is 0 Å². The molecule has 0 saturated carbocycles. The van der Waals surface area contributed by atoms with E-state index in [2.05, 4.69) is 49.2 Å². The van der Waals surface area contributed by atoms with Crippen LogP contribution in [0.1, 0.15) is 31.4 Å². The molecule has 0 spiro atoms. The number of aliphatic imine (C=N–C) groups is 1. The minimum atomic E-state index is 0.512. The van der Waals surface area contributed by atoms with E-state index in [0.29, 0.717) is 5.92 Å². The molecule has 0 aromatic heterocycles. The maximum Gasteiger partial charge on any atom is 0.0544 e. The molecule has 0 radical (unpaired) electrons. The zero-order chi connectivity index (χ0) is 10.7. The molecule has 1 aromatic carbocycles. The molecule has 0 fully saturated rings. The molecule has 78 valence electrons. The van der Waals surface area contributed by atoms with Crippen molar-refractivity contribution in [2.24, 2.45) is 10.9 Å². The predicted octanol–water partition coefficient (Wildman–Crippen LogP) is 3.59. The Labute approximate surface area is 91.6 Å². The molecule has 0 N–H and O–H groups in total. The summed E-state index contributed by atoms with van der Waals surface area (Å²) >= 11 is 0. The fourth-order valence-corrected chi connectivity index (χ4v) is 1.94. The maximum absolute atomic E-state index is 4.45. The minimum absolute atomic E-state index is 0.512. The number of hydrogen-bond donors (Lipinski definition) is 0. The second-order valence-corrected chi connectivity index (χ2v) is 3.92. The van der Waals surface area contributed by atoms with E-state index in [9.17, 15) is 0 Å². The van der Waals surface area contributed by atoms with Gasteiger partial charge in [0, 0.05) is 12.1 Å². The first kappa shape index (κ1) is 10.2. The van der Waals surface area contributed by atoms with E-state index in [-0.39, 0.29) is 0 Å². The van der Waals surface area contributed by atoms with Crippen molar-refractivity contribution in [2.75, 3.05) is 0 Å². The Balaban J connectivity index is 2.23. The van der Waals surface area contributed by atoms with E-state index in [1.54, 1.807) is 0 Å². The topological polar surface area (TPSA) is 12.4 Å². The fourth-order valence-electron chi connectivity index (χ4n) is 1.94. The number of hydrogen-bond acceptors (Lipinski definition) is 1. The van der Waals surface area contributed by atoms with Gasteiger partial charge < -0.3 is 0 Å². The number of benzene rings is 1. The fraction of sp³-hybridized carbons (Fsp3) is 0.357. The van der Waals surface area contributed by atoms with E-state index in [1.807, 2.05) is 6.20 Å². The molecule has 1 aliphatic rings. The summed E-state index contributed by atoms with van der Waals surface area (Å²) in [6.45, 7) is 4.38. The van der Waals surface area contributed by atoms with Crippen LogP contribution >= 0.6 is 0 Å². The number of aryl methyl sites for hydroxylation is 1. The Hall–Kier alpha value is -1.37. The van der Waals surface area contributed by atoms with Crippen molar-refractivity contribution in [2.45, 2.75) is 26.7 Å². The van der Waals surface area contributed by atoms with Gasteiger partial charge in [-0.05, 0) is 24.0 Å². The van der Waals surface area contributed by atoms with Gasteiger partial charge in [0.1, 0.15) is 0 Å². The molecule has 0 saturated heterocycles. The Morgan fingerprint density at radius 1 is 1.13 bits per heavy atom. The Morgan fingerprint density at radius 2 is 1.87 bits per heavy atom. The molecule has 0 aliphatic carbocycles. The molecular formula is C14H17N. The van der Waals surface area contributed by atoms with Gasteiger partial charge in [-0.3, -0.25) is 4.99 Å². The Bertz CT molecular complexity index is 384. The molecule has 1 heterocycles. The van der Waals surface area contributed by atoms with Crippen LogP contribution in [0.25, 0.3) is 0 Å². The highest BCUT2D eigenvalue weighted by Crippen LogP contribution is 2.20. The van der Waals surface area contributed by atoms with E-state index >= 15 is 0 Å². The van der Waals surface area contributed by atoms with Crippen molar-refractivity contribution in [3.8, 4) is 0 Å². The molecule has 0 amide bonds. The van der Waals surface area contributed by atoms with Gasteiger partial charge in [0.2, 0.25) is 0 Å². The van der Waals surface area contributed by atoms with Crippen LogP contribution in [0.15, 0.2) is 41.5 Å². The molecule has 1 aliphatic heterocycles. The van der Waals surface area contributed by atoms with Crippen molar-refractivity contribution < 1.29 is 0 Å². The van der Waals surface area contributed by atoms with Crippen molar-refractivity contribution >= 4 is 5.71 Å². The molecular weight excluding hydrogens is 182 g/mol. The highest BCUT2D eigenvalue weighted by atomic mass is 14.7. The summed E-state index contributed by atoms with van der Waals surface area (Å²) in [5.74, 6) is 0.512. The summed E-state index contributed by atoms with van der Waals surface area (Å²) in [6, 6.07) is 8.77. The smallest absolute Gasteiger partial charge is 0.0544 e. The van der Waals surface area contributed by atoms with Gasteiger partial charge >= 0.3 is 0 Å². The number of rotatable bonds is 3. The highest BCUT2D eigenvalue weighted by Gasteiger charge is 2.15. The van der Waals surface area contributed by atoms with Crippen LogP contribution in [0.4, 0.5) is 0 Å². The second-order valence-electron chi connectivity index (χ2n) is 3.92. The van der Waals surface area contributed by atoms with Crippen LogP contribution in [0.5, 0.6) is 0 Å². The first-order chi connectivity index (χ1) is 7.35. The largest absolute Gasteiger partial charge is 0.260 e. The quantitative estimate of drug-likeness (QED) is 0.705. The van der Waals surface area contributed by atoms with Crippen molar-refractivity contribution in [3.05, 3.63) is 47.7 Å². The van der Waals surface area contributed by atoms with Gasteiger partial charge in [0.25, 0.3) is 0 Å². The average molecular weight is 199 g/mol. The predicted molar refractivity (Wildman–Crippen MR) is 65.3 cm³/mol. The standard InChI is InChI=1S/C14H17N/c1-3-11-5-7-13(8-6-11)14-12(4-2)9-10-15-14/h5-10,12H,3-4H2,1-2H3. The van der Waals surface area contributed by atoms with Crippen LogP contribution in [0, 0.1) is 5.92 Å². The van der Waals surface area contributed by atoms with Crippen LogP contribution in [0.3, 0.4) is 0 Å². The Kier molecular flexibility index (Phi) is 3.00. The normalized spacial score (nSPS) is 19.3. The molecule has 15 heavy (non-hydrogen) atoms. The third kappa shape index (κ3) is 2.01. The lowest BCUT2D eigenvalue weighted by Gasteiger charge is -2.09. The molecule has 1 unspecified atom stereocenters. The van der Waals surface area contributed by atoms with Gasteiger partial charge in [-0.15, -0.1) is 0 Å². The second kappa shape index (κ2) is 4.43. The van der Waals surface area contributed by atoms with E-state index in [1.165, 1.54) is 16.8 Å². The molecule has 1 heteroatoms. The van der Waals surface area contributed by atoms with Gasteiger partial charge in [-0.2, -0.15) is 0 Å². The van der Waals surface area contributed by atoms with Crippen LogP contribution in [0.2, 0.25) is 0 Å². The van der Waals surface area contributed by atoms with Crippen LogP contribution in [-0.4, -0.2) is 5.71 Å². The van der Waals surface area contributed by atoms with Gasteiger partial charge in [-0.25, -0.2) is 0 Å². The molecule has 1 atom stereocenters. The summed E-state index contributed by atoms with van der Waals surface area (Å²) in [5.41, 5.74) is 3.88. The molecule has 1 aromatic rings. The first-order valence-corrected chi connectivity index (χ1v) is 5.68. The molecule has 0 bridgehead atoms. The summed E-state index contributed by atoms with van der Waals surface area (Å²) in [4.78, 5) is 4.45. The third-order valence-corrected chi connectivity index (χ3v) is 2.98. The van der Waals surface area contributed by atoms with E-state index < -0.39 is 0 Å². The monoisotopic (exact) mass is 199 g/mol. The van der Waals surface area contributed by atoms with Crippen molar-refractivity contribution in [1.29, 1.82) is 0 Å². The summed E-state index contributed by atoms with van der Waals surface area (Å²) < 4.78 is 0. The number of nitrogens with zero attached hydrogens (tertiary/aromatic N) is 1. The summed E-state index contributed by atoms with van der Waals surface area (Å²) in [6.07, 6.45) is 6.34. The summed E-state index contributed by atoms with van der Waals surface area (Å²) in [5, 5.41) is 0. The third-order valence-electron chi connectivity index (χ3n) is 2.98. The zero-order valence-corrected chi connectivity index (χ0v) is 9.40. The van der Waals surface area contributed by atoms with E-state index in [4.69, 9.17) is 0 Å². The molecule has 1 nitrogen and oxygen atoms in total. The SMILES string of the molecule is CCc1ccc(C2=NC=CC2CC)cc1. The van der Waals surface area contributed by atoms with E-state index in [0.717, 1.165) is 12.8 Å². The van der Waals surface area contributed by atoms with Gasteiger partial charge in [-0.1, -0.05) is 44.2 Å². The van der Waals surface area contributed by atoms with Crippen LogP contribution in [-0.2, 0) is 6.42 Å². The Morgan fingerprint density at radius 3 is 2.47 bits per heavy atom. The zero-order valence-electron chi connectivity index (χ0n) is 9.40. The number of allylic oxidation sites excluding steroid dienone is 1. The van der Waals surface area contributed by atoms with Gasteiger partial charge in [0.15, 0.2) is 0 Å². The minimum Gasteiger partial charge on any atom is -0.260 e. The highest BCUT2D eigenvalue weighted by molar-refractivity contribution is 6.04. The van der Waals surface area contributed by atoms with Crippen molar-refractivity contribution in [3.63, 3.8) is 0 Å². The first-order valence-electron chi connectivity index (χ1n) is 5.68.